The lowest BCUT2D eigenvalue weighted by molar-refractivity contribution is -0.274. The first-order chi connectivity index (χ1) is 13.3. The second-order valence-electron chi connectivity index (χ2n) is 6.85. The van der Waals surface area contributed by atoms with Gasteiger partial charge in [0.05, 0.1) is 6.20 Å². The number of alkyl halides is 3. The molecule has 0 amide bonds. The molecule has 10 heteroatoms. The molecule has 1 aliphatic carbocycles. The number of nitrogens with zero attached hydrogens (tertiary/aromatic N) is 4. The molecule has 0 saturated heterocycles. The van der Waals surface area contributed by atoms with Gasteiger partial charge < -0.3 is 15.0 Å². The van der Waals surface area contributed by atoms with Crippen LogP contribution in [0.4, 0.5) is 13.2 Å². The van der Waals surface area contributed by atoms with Crippen LogP contribution >= 0.6 is 24.0 Å². The number of benzene rings is 1. The minimum Gasteiger partial charge on any atom is -0.405 e. The molecular weight excluding hydrogens is 498 g/mol. The molecule has 1 fully saturated rings. The fourth-order valence-corrected chi connectivity index (χ4v) is 3.20. The Morgan fingerprint density at radius 3 is 2.72 bits per heavy atom. The van der Waals surface area contributed by atoms with Crippen LogP contribution in [0.15, 0.2) is 41.7 Å². The Morgan fingerprint density at radius 2 is 2.10 bits per heavy atom. The minimum atomic E-state index is -4.70. The van der Waals surface area contributed by atoms with Gasteiger partial charge in [-0.25, -0.2) is 0 Å². The van der Waals surface area contributed by atoms with Crippen LogP contribution in [0.5, 0.6) is 5.75 Å². The van der Waals surface area contributed by atoms with Crippen molar-refractivity contribution < 1.29 is 17.9 Å². The van der Waals surface area contributed by atoms with Crippen LogP contribution in [0.1, 0.15) is 30.4 Å². The molecule has 0 radical (unpaired) electrons. The molecule has 1 aliphatic rings. The maximum absolute atomic E-state index is 12.7. The van der Waals surface area contributed by atoms with E-state index >= 15 is 0 Å². The van der Waals surface area contributed by atoms with Crippen molar-refractivity contribution in [2.75, 3.05) is 13.6 Å². The van der Waals surface area contributed by atoms with Gasteiger partial charge in [0.1, 0.15) is 5.75 Å². The summed E-state index contributed by atoms with van der Waals surface area (Å²) in [6.07, 6.45) is -0.246. The number of halogens is 4. The monoisotopic (exact) mass is 523 g/mol. The number of aromatic nitrogens is 2. The van der Waals surface area contributed by atoms with E-state index in [2.05, 4.69) is 20.1 Å². The quantitative estimate of drug-likeness (QED) is 0.355. The summed E-state index contributed by atoms with van der Waals surface area (Å²) in [7, 11) is 3.78. The normalized spacial score (nSPS) is 18.8. The SMILES string of the molecule is CCN=C(NC1CC1c1ccccc1OC(F)(F)F)N(C)Cc1cnn(C)c1.I. The van der Waals surface area contributed by atoms with Crippen LogP contribution in [-0.4, -0.2) is 46.6 Å². The number of nitrogens with one attached hydrogen (secondary N) is 1. The number of para-hydroxylation sites is 1. The maximum Gasteiger partial charge on any atom is 0.573 e. The zero-order valence-corrected chi connectivity index (χ0v) is 18.8. The lowest BCUT2D eigenvalue weighted by Gasteiger charge is -2.22. The van der Waals surface area contributed by atoms with Gasteiger partial charge in [-0.2, -0.15) is 5.10 Å². The van der Waals surface area contributed by atoms with Gasteiger partial charge in [0.2, 0.25) is 0 Å². The van der Waals surface area contributed by atoms with E-state index in [-0.39, 0.29) is 41.7 Å². The first kappa shape index (κ1) is 23.3. The Bertz CT molecular complexity index is 839. The molecule has 6 nitrogen and oxygen atoms in total. The van der Waals surface area contributed by atoms with Crippen molar-refractivity contribution in [2.45, 2.75) is 38.2 Å². The van der Waals surface area contributed by atoms with E-state index in [4.69, 9.17) is 0 Å². The van der Waals surface area contributed by atoms with E-state index in [9.17, 15) is 13.2 Å². The summed E-state index contributed by atoms with van der Waals surface area (Å²) in [4.78, 5) is 6.49. The van der Waals surface area contributed by atoms with Gasteiger partial charge in [0.25, 0.3) is 0 Å². The lowest BCUT2D eigenvalue weighted by Crippen LogP contribution is -2.40. The van der Waals surface area contributed by atoms with E-state index in [0.717, 1.165) is 12.0 Å². The molecular formula is C19H25F3IN5O. The first-order valence-electron chi connectivity index (χ1n) is 9.11. The molecule has 0 aliphatic heterocycles. The highest BCUT2D eigenvalue weighted by Gasteiger charge is 2.42. The number of hydrogen-bond acceptors (Lipinski definition) is 3. The van der Waals surface area contributed by atoms with Crippen molar-refractivity contribution >= 4 is 29.9 Å². The predicted octanol–water partition coefficient (Wildman–Crippen LogP) is 3.89. The van der Waals surface area contributed by atoms with E-state index in [0.29, 0.717) is 24.6 Å². The fourth-order valence-electron chi connectivity index (χ4n) is 3.20. The summed E-state index contributed by atoms with van der Waals surface area (Å²) in [5.41, 5.74) is 1.61. The van der Waals surface area contributed by atoms with Gasteiger partial charge in [-0.3, -0.25) is 9.67 Å². The second-order valence-corrected chi connectivity index (χ2v) is 6.85. The predicted molar refractivity (Wildman–Crippen MR) is 115 cm³/mol. The largest absolute Gasteiger partial charge is 0.573 e. The van der Waals surface area contributed by atoms with E-state index in [1.54, 1.807) is 29.1 Å². The third-order valence-corrected chi connectivity index (χ3v) is 4.50. The Hall–Kier alpha value is -1.98. The average molecular weight is 523 g/mol. The molecule has 2 atom stereocenters. The van der Waals surface area contributed by atoms with Gasteiger partial charge in [0.15, 0.2) is 5.96 Å². The first-order valence-corrected chi connectivity index (χ1v) is 9.11. The molecule has 1 saturated carbocycles. The van der Waals surface area contributed by atoms with Crippen molar-refractivity contribution in [1.82, 2.24) is 20.0 Å². The standard InChI is InChI=1S/C19H24F3N5O.HI/c1-4-23-18(26(2)11-13-10-24-27(3)12-13)25-16-9-15(16)14-7-5-6-8-17(14)28-19(20,21)22;/h5-8,10,12,15-16H,4,9,11H2,1-3H3,(H,23,25);1H. The van der Waals surface area contributed by atoms with Crippen LogP contribution in [0.2, 0.25) is 0 Å². The van der Waals surface area contributed by atoms with Gasteiger partial charge in [-0.1, -0.05) is 18.2 Å². The zero-order chi connectivity index (χ0) is 20.3. The molecule has 1 aromatic carbocycles. The van der Waals surface area contributed by atoms with Crippen LogP contribution < -0.4 is 10.1 Å². The Balaban J connectivity index is 0.00000300. The Labute approximate surface area is 185 Å². The lowest BCUT2D eigenvalue weighted by atomic mass is 10.1. The minimum absolute atomic E-state index is 0. The topological polar surface area (TPSA) is 54.7 Å². The maximum atomic E-state index is 12.7. The second kappa shape index (κ2) is 9.68. The van der Waals surface area contributed by atoms with Gasteiger partial charge in [0, 0.05) is 50.9 Å². The molecule has 160 valence electrons. The molecule has 1 N–H and O–H groups in total. The third-order valence-electron chi connectivity index (χ3n) is 4.50. The van der Waals surface area contributed by atoms with Crippen LogP contribution in [0, 0.1) is 0 Å². The highest BCUT2D eigenvalue weighted by molar-refractivity contribution is 14.0. The summed E-state index contributed by atoms with van der Waals surface area (Å²) in [5.74, 6) is 0.530. The summed E-state index contributed by atoms with van der Waals surface area (Å²) in [5, 5.41) is 7.53. The van der Waals surface area contributed by atoms with Crippen LogP contribution in [0.3, 0.4) is 0 Å². The Morgan fingerprint density at radius 1 is 1.38 bits per heavy atom. The fraction of sp³-hybridized carbons (Fsp3) is 0.474. The van der Waals surface area contributed by atoms with Crippen LogP contribution in [0.25, 0.3) is 0 Å². The third kappa shape index (κ3) is 6.51. The molecule has 2 unspecified atom stereocenters. The summed E-state index contributed by atoms with van der Waals surface area (Å²) in [6, 6.07) is 6.32. The van der Waals surface area contributed by atoms with Gasteiger partial charge in [-0.05, 0) is 25.0 Å². The van der Waals surface area contributed by atoms with E-state index in [1.807, 2.05) is 32.1 Å². The smallest absolute Gasteiger partial charge is 0.405 e. The number of hydrogen-bond donors (Lipinski definition) is 1. The molecule has 1 heterocycles. The van der Waals surface area contributed by atoms with Crippen LogP contribution in [-0.2, 0) is 13.6 Å². The molecule has 0 spiro atoms. The molecule has 3 rings (SSSR count). The average Bonchev–Trinajstić information content (AvgIpc) is 3.25. The zero-order valence-electron chi connectivity index (χ0n) is 16.5. The highest BCUT2D eigenvalue weighted by Crippen LogP contribution is 2.45. The number of ether oxygens (including phenoxy) is 1. The van der Waals surface area contributed by atoms with Gasteiger partial charge in [-0.15, -0.1) is 37.1 Å². The van der Waals surface area contributed by atoms with Crippen molar-refractivity contribution in [1.29, 1.82) is 0 Å². The van der Waals surface area contributed by atoms with E-state index in [1.165, 1.54) is 6.07 Å². The molecule has 0 bridgehead atoms. The van der Waals surface area contributed by atoms with Gasteiger partial charge >= 0.3 is 6.36 Å². The summed E-state index contributed by atoms with van der Waals surface area (Å²) >= 11 is 0. The van der Waals surface area contributed by atoms with Crippen molar-refractivity contribution in [3.63, 3.8) is 0 Å². The highest BCUT2D eigenvalue weighted by atomic mass is 127. The van der Waals surface area contributed by atoms with E-state index < -0.39 is 6.36 Å². The molecule has 2 aromatic rings. The summed E-state index contributed by atoms with van der Waals surface area (Å²) < 4.78 is 43.9. The molecule has 1 aromatic heterocycles. The van der Waals surface area contributed by atoms with Crippen molar-refractivity contribution in [3.8, 4) is 5.75 Å². The number of rotatable bonds is 6. The van der Waals surface area contributed by atoms with Crippen molar-refractivity contribution in [2.24, 2.45) is 12.0 Å². The van der Waals surface area contributed by atoms with Crippen molar-refractivity contribution in [3.05, 3.63) is 47.8 Å². The number of aliphatic imine (C=N–C) groups is 1. The number of guanidine groups is 1. The Kier molecular flexibility index (Phi) is 7.78. The molecule has 29 heavy (non-hydrogen) atoms. The number of aryl methyl sites for hydroxylation is 1. The summed E-state index contributed by atoms with van der Waals surface area (Å²) in [6.45, 7) is 3.17.